The molecule has 1 aliphatic heterocycles. The fourth-order valence-electron chi connectivity index (χ4n) is 1.30. The van der Waals surface area contributed by atoms with E-state index in [0.29, 0.717) is 22.4 Å². The topological polar surface area (TPSA) is 35.2 Å². The van der Waals surface area contributed by atoms with Crippen LogP contribution in [0.2, 0.25) is 0 Å². The normalized spacial score (nSPS) is 18.8. The zero-order valence-electron chi connectivity index (χ0n) is 6.59. The lowest BCUT2D eigenvalue weighted by atomic mass is 10.1. The zero-order valence-corrected chi connectivity index (χ0v) is 8.99. The van der Waals surface area contributed by atoms with Crippen LogP contribution in [0.25, 0.3) is 0 Å². The van der Waals surface area contributed by atoms with Gasteiger partial charge >= 0.3 is 0 Å². The Labute approximate surface area is 89.8 Å². The minimum Gasteiger partial charge on any atom is -0.491 e. The van der Waals surface area contributed by atoms with Crippen LogP contribution in [0.15, 0.2) is 16.6 Å². The van der Waals surface area contributed by atoms with E-state index in [4.69, 9.17) is 10.5 Å². The molecule has 1 aliphatic rings. The highest BCUT2D eigenvalue weighted by molar-refractivity contribution is 9.10. The van der Waals surface area contributed by atoms with Crippen molar-refractivity contribution < 1.29 is 9.13 Å². The van der Waals surface area contributed by atoms with Crippen LogP contribution in [-0.2, 0) is 0 Å². The SMILES string of the molecule is Cl.NC1COc2cc(Br)cc(F)c21. The third-order valence-corrected chi connectivity index (χ3v) is 2.30. The van der Waals surface area contributed by atoms with Gasteiger partial charge in [-0.15, -0.1) is 12.4 Å². The Kier molecular flexibility index (Phi) is 3.16. The number of ether oxygens (including phenoxy) is 1. The summed E-state index contributed by atoms with van der Waals surface area (Å²) in [4.78, 5) is 0. The van der Waals surface area contributed by atoms with Gasteiger partial charge in [0.1, 0.15) is 18.2 Å². The Balaban J connectivity index is 0.000000845. The summed E-state index contributed by atoms with van der Waals surface area (Å²) < 4.78 is 19.1. The van der Waals surface area contributed by atoms with E-state index in [-0.39, 0.29) is 24.3 Å². The minimum atomic E-state index is -0.326. The minimum absolute atomic E-state index is 0. The molecule has 1 atom stereocenters. The van der Waals surface area contributed by atoms with Gasteiger partial charge in [-0.1, -0.05) is 15.9 Å². The first-order chi connectivity index (χ1) is 5.68. The smallest absolute Gasteiger partial charge is 0.132 e. The monoisotopic (exact) mass is 267 g/mol. The van der Waals surface area contributed by atoms with Gasteiger partial charge < -0.3 is 10.5 Å². The van der Waals surface area contributed by atoms with Crippen LogP contribution in [-0.4, -0.2) is 6.61 Å². The van der Waals surface area contributed by atoms with Crippen molar-refractivity contribution in [1.82, 2.24) is 0 Å². The molecule has 5 heteroatoms. The van der Waals surface area contributed by atoms with Gasteiger partial charge in [0.15, 0.2) is 0 Å². The van der Waals surface area contributed by atoms with Crippen molar-refractivity contribution in [3.8, 4) is 5.75 Å². The number of halogens is 3. The highest BCUT2D eigenvalue weighted by Crippen LogP contribution is 2.35. The molecule has 0 bridgehead atoms. The summed E-state index contributed by atoms with van der Waals surface area (Å²) in [5.41, 5.74) is 6.10. The highest BCUT2D eigenvalue weighted by atomic mass is 79.9. The largest absolute Gasteiger partial charge is 0.491 e. The zero-order chi connectivity index (χ0) is 8.72. The lowest BCUT2D eigenvalue weighted by molar-refractivity contribution is 0.333. The van der Waals surface area contributed by atoms with Crippen LogP contribution in [0.4, 0.5) is 4.39 Å². The molecule has 13 heavy (non-hydrogen) atoms. The van der Waals surface area contributed by atoms with Gasteiger partial charge in [0, 0.05) is 4.47 Å². The summed E-state index contributed by atoms with van der Waals surface area (Å²) in [7, 11) is 0. The maximum atomic E-state index is 13.2. The Morgan fingerprint density at radius 3 is 2.92 bits per heavy atom. The van der Waals surface area contributed by atoms with Crippen molar-refractivity contribution in [3.63, 3.8) is 0 Å². The maximum absolute atomic E-state index is 13.2. The van der Waals surface area contributed by atoms with E-state index in [2.05, 4.69) is 15.9 Å². The first-order valence-corrected chi connectivity index (χ1v) is 4.35. The van der Waals surface area contributed by atoms with Gasteiger partial charge in [-0.3, -0.25) is 0 Å². The van der Waals surface area contributed by atoms with Gasteiger partial charge in [-0.2, -0.15) is 0 Å². The predicted molar refractivity (Wildman–Crippen MR) is 53.8 cm³/mol. The van der Waals surface area contributed by atoms with Crippen molar-refractivity contribution in [2.24, 2.45) is 5.73 Å². The first kappa shape index (κ1) is 10.8. The van der Waals surface area contributed by atoms with Crippen LogP contribution < -0.4 is 10.5 Å². The highest BCUT2D eigenvalue weighted by Gasteiger charge is 2.24. The summed E-state index contributed by atoms with van der Waals surface area (Å²) in [6.07, 6.45) is 0. The second kappa shape index (κ2) is 3.82. The number of benzene rings is 1. The standard InChI is InChI=1S/C8H7BrFNO.ClH/c9-4-1-5(10)8-6(11)3-12-7(8)2-4;/h1-2,6H,3,11H2;1H. The van der Waals surface area contributed by atoms with Gasteiger partial charge in [-0.25, -0.2) is 4.39 Å². The van der Waals surface area contributed by atoms with E-state index in [1.54, 1.807) is 6.07 Å². The Morgan fingerprint density at radius 1 is 1.54 bits per heavy atom. The quantitative estimate of drug-likeness (QED) is 0.784. The van der Waals surface area contributed by atoms with E-state index < -0.39 is 0 Å². The van der Waals surface area contributed by atoms with Crippen molar-refractivity contribution in [2.45, 2.75) is 6.04 Å². The molecule has 0 spiro atoms. The van der Waals surface area contributed by atoms with E-state index >= 15 is 0 Å². The first-order valence-electron chi connectivity index (χ1n) is 3.56. The Hall–Kier alpha value is -0.320. The van der Waals surface area contributed by atoms with Crippen molar-refractivity contribution in [2.75, 3.05) is 6.61 Å². The number of hydrogen-bond acceptors (Lipinski definition) is 2. The molecule has 2 rings (SSSR count). The Bertz CT molecular complexity index is 334. The van der Waals surface area contributed by atoms with E-state index in [9.17, 15) is 4.39 Å². The molecule has 1 unspecified atom stereocenters. The maximum Gasteiger partial charge on any atom is 0.132 e. The van der Waals surface area contributed by atoms with E-state index in [1.807, 2.05) is 0 Å². The molecule has 72 valence electrons. The number of hydrogen-bond donors (Lipinski definition) is 1. The molecular formula is C8H8BrClFNO. The predicted octanol–water partition coefficient (Wildman–Crippen LogP) is 2.40. The van der Waals surface area contributed by atoms with Crippen molar-refractivity contribution >= 4 is 28.3 Å². The van der Waals surface area contributed by atoms with Crippen LogP contribution in [0.1, 0.15) is 11.6 Å². The molecular weight excluding hydrogens is 260 g/mol. The summed E-state index contributed by atoms with van der Waals surface area (Å²) in [5, 5.41) is 0. The fraction of sp³-hybridized carbons (Fsp3) is 0.250. The lowest BCUT2D eigenvalue weighted by Crippen LogP contribution is -2.12. The molecule has 2 N–H and O–H groups in total. The third-order valence-electron chi connectivity index (χ3n) is 1.85. The number of rotatable bonds is 0. The van der Waals surface area contributed by atoms with Crippen molar-refractivity contribution in [3.05, 3.63) is 28.0 Å². The van der Waals surface area contributed by atoms with E-state index in [0.717, 1.165) is 0 Å². The van der Waals surface area contributed by atoms with Crippen LogP contribution in [0, 0.1) is 5.82 Å². The fourth-order valence-corrected chi connectivity index (χ4v) is 1.71. The summed E-state index contributed by atoms with van der Waals surface area (Å²) in [6.45, 7) is 0.364. The summed E-state index contributed by atoms with van der Waals surface area (Å²) in [5.74, 6) is 0.249. The Morgan fingerprint density at radius 2 is 2.23 bits per heavy atom. The second-order valence-electron chi connectivity index (χ2n) is 2.72. The third kappa shape index (κ3) is 1.80. The van der Waals surface area contributed by atoms with Gasteiger partial charge in [0.25, 0.3) is 0 Å². The molecule has 0 radical (unpaired) electrons. The molecule has 0 aliphatic carbocycles. The molecule has 1 aromatic rings. The molecule has 2 nitrogen and oxygen atoms in total. The molecule has 0 saturated carbocycles. The summed E-state index contributed by atoms with van der Waals surface area (Å²) >= 11 is 3.17. The molecule has 0 amide bonds. The average molecular weight is 269 g/mol. The molecule has 1 heterocycles. The van der Waals surface area contributed by atoms with Crippen LogP contribution in [0.5, 0.6) is 5.75 Å². The van der Waals surface area contributed by atoms with Gasteiger partial charge in [-0.05, 0) is 12.1 Å². The van der Waals surface area contributed by atoms with Gasteiger partial charge in [0.2, 0.25) is 0 Å². The van der Waals surface area contributed by atoms with Crippen LogP contribution >= 0.6 is 28.3 Å². The average Bonchev–Trinajstić information content (AvgIpc) is 2.31. The molecule has 0 fully saturated rings. The molecule has 0 aromatic heterocycles. The van der Waals surface area contributed by atoms with E-state index in [1.165, 1.54) is 6.07 Å². The molecule has 0 saturated heterocycles. The molecule has 1 aromatic carbocycles. The summed E-state index contributed by atoms with van der Waals surface area (Å²) in [6, 6.07) is 2.80. The lowest BCUT2D eigenvalue weighted by Gasteiger charge is -2.02. The number of nitrogens with two attached hydrogens (primary N) is 1. The second-order valence-corrected chi connectivity index (χ2v) is 3.63. The van der Waals surface area contributed by atoms with Crippen molar-refractivity contribution in [1.29, 1.82) is 0 Å². The van der Waals surface area contributed by atoms with Gasteiger partial charge in [0.05, 0.1) is 11.6 Å². The van der Waals surface area contributed by atoms with Crippen LogP contribution in [0.3, 0.4) is 0 Å². The number of fused-ring (bicyclic) bond motifs is 1.